The van der Waals surface area contributed by atoms with Crippen LogP contribution in [0.25, 0.3) is 0 Å². The van der Waals surface area contributed by atoms with E-state index in [0.29, 0.717) is 18.7 Å². The van der Waals surface area contributed by atoms with Crippen molar-refractivity contribution in [3.05, 3.63) is 18.0 Å². The lowest BCUT2D eigenvalue weighted by Gasteiger charge is -2.22. The maximum atomic E-state index is 5.78. The number of piperidine rings is 1. The quantitative estimate of drug-likeness (QED) is 0.824. The van der Waals surface area contributed by atoms with E-state index in [1.807, 2.05) is 0 Å². The number of aromatic nitrogens is 2. The van der Waals surface area contributed by atoms with Gasteiger partial charge in [-0.2, -0.15) is 5.10 Å². The lowest BCUT2D eigenvalue weighted by Crippen LogP contribution is -2.37. The van der Waals surface area contributed by atoms with E-state index in [2.05, 4.69) is 41.2 Å². The summed E-state index contributed by atoms with van der Waals surface area (Å²) in [6.45, 7) is 6.99. The first-order chi connectivity index (χ1) is 9.33. The van der Waals surface area contributed by atoms with Gasteiger partial charge < -0.3 is 10.1 Å². The van der Waals surface area contributed by atoms with Crippen molar-refractivity contribution in [3.63, 3.8) is 0 Å². The van der Waals surface area contributed by atoms with Crippen LogP contribution in [-0.2, 0) is 11.3 Å². The van der Waals surface area contributed by atoms with Gasteiger partial charge in [-0.1, -0.05) is 20.3 Å². The van der Waals surface area contributed by atoms with E-state index in [9.17, 15) is 0 Å². The summed E-state index contributed by atoms with van der Waals surface area (Å²) < 4.78 is 7.86. The predicted octanol–water partition coefficient (Wildman–Crippen LogP) is 2.90. The van der Waals surface area contributed by atoms with E-state index < -0.39 is 0 Å². The van der Waals surface area contributed by atoms with Crippen LogP contribution in [0, 0.1) is 0 Å². The zero-order chi connectivity index (χ0) is 13.5. The molecule has 0 aliphatic carbocycles. The Morgan fingerprint density at radius 2 is 2.26 bits per heavy atom. The molecule has 0 aromatic carbocycles. The second kappa shape index (κ2) is 7.65. The molecule has 0 amide bonds. The monoisotopic (exact) mass is 265 g/mol. The highest BCUT2D eigenvalue weighted by Gasteiger charge is 2.13. The first-order valence-corrected chi connectivity index (χ1v) is 7.68. The van der Waals surface area contributed by atoms with E-state index in [-0.39, 0.29) is 0 Å². The van der Waals surface area contributed by atoms with Gasteiger partial charge in [-0.25, -0.2) is 0 Å². The van der Waals surface area contributed by atoms with Crippen molar-refractivity contribution in [1.82, 2.24) is 15.1 Å². The zero-order valence-electron chi connectivity index (χ0n) is 12.3. The molecule has 0 bridgehead atoms. The largest absolute Gasteiger partial charge is 0.373 e. The highest BCUT2D eigenvalue weighted by atomic mass is 16.5. The van der Waals surface area contributed by atoms with Gasteiger partial charge in [-0.15, -0.1) is 0 Å². The molecule has 1 saturated heterocycles. The Kier molecular flexibility index (Phi) is 5.86. The van der Waals surface area contributed by atoms with Gasteiger partial charge in [0.1, 0.15) is 0 Å². The highest BCUT2D eigenvalue weighted by molar-refractivity contribution is 4.98. The highest BCUT2D eigenvalue weighted by Crippen LogP contribution is 2.15. The van der Waals surface area contributed by atoms with Crippen LogP contribution >= 0.6 is 0 Å². The van der Waals surface area contributed by atoms with Gasteiger partial charge in [0.15, 0.2) is 0 Å². The minimum absolute atomic E-state index is 0.522. The van der Waals surface area contributed by atoms with Crippen molar-refractivity contribution in [2.75, 3.05) is 13.2 Å². The number of nitrogens with one attached hydrogen (secondary N) is 1. The van der Waals surface area contributed by atoms with Crippen LogP contribution in [0.15, 0.2) is 12.3 Å². The molecule has 1 aromatic rings. The average molecular weight is 265 g/mol. The molecule has 19 heavy (non-hydrogen) atoms. The topological polar surface area (TPSA) is 39.1 Å². The molecule has 0 radical (unpaired) electrons. The fraction of sp³-hybridized carbons (Fsp3) is 0.800. The fourth-order valence-corrected chi connectivity index (χ4v) is 2.69. The Bertz CT molecular complexity index is 354. The van der Waals surface area contributed by atoms with Crippen molar-refractivity contribution < 1.29 is 4.74 Å². The van der Waals surface area contributed by atoms with Crippen LogP contribution in [0.2, 0.25) is 0 Å². The fourth-order valence-electron chi connectivity index (χ4n) is 2.69. The van der Waals surface area contributed by atoms with Crippen molar-refractivity contribution in [2.24, 2.45) is 0 Å². The second-order valence-electron chi connectivity index (χ2n) is 5.42. The maximum Gasteiger partial charge on any atom is 0.0907 e. The molecule has 0 saturated carbocycles. The third kappa shape index (κ3) is 4.32. The smallest absolute Gasteiger partial charge is 0.0907 e. The molecule has 1 unspecified atom stereocenters. The lowest BCUT2D eigenvalue weighted by atomic mass is 10.1. The first-order valence-electron chi connectivity index (χ1n) is 7.68. The summed E-state index contributed by atoms with van der Waals surface area (Å²) in [5, 5.41) is 8.10. The van der Waals surface area contributed by atoms with Gasteiger partial charge >= 0.3 is 0 Å². The normalized spacial score (nSPS) is 20.1. The number of hydrogen-bond donors (Lipinski definition) is 1. The Labute approximate surface area is 116 Å². The molecule has 1 aliphatic rings. The molecule has 1 aromatic heterocycles. The summed E-state index contributed by atoms with van der Waals surface area (Å²) in [6.07, 6.45) is 8.20. The minimum Gasteiger partial charge on any atom is -0.373 e. The summed E-state index contributed by atoms with van der Waals surface area (Å²) in [6, 6.07) is 3.13. The predicted molar refractivity (Wildman–Crippen MR) is 77.1 cm³/mol. The third-order valence-corrected chi connectivity index (χ3v) is 3.96. The zero-order valence-corrected chi connectivity index (χ0v) is 12.3. The summed E-state index contributed by atoms with van der Waals surface area (Å²) in [7, 11) is 0. The van der Waals surface area contributed by atoms with E-state index in [1.165, 1.54) is 19.3 Å². The van der Waals surface area contributed by atoms with Crippen LogP contribution in [0.1, 0.15) is 57.7 Å². The average Bonchev–Trinajstić information content (AvgIpc) is 2.90. The standard InChI is InChI=1S/C15H27N3O/c1-3-15(4-2)18-10-8-14(17-18)12-19-11-13-7-5-6-9-16-13/h8,10,13,15-16H,3-7,9,11-12H2,1-2H3. The minimum atomic E-state index is 0.522. The van der Waals surface area contributed by atoms with Gasteiger partial charge in [0, 0.05) is 12.2 Å². The Hall–Kier alpha value is -0.870. The maximum absolute atomic E-state index is 5.78. The van der Waals surface area contributed by atoms with Crippen molar-refractivity contribution in [3.8, 4) is 0 Å². The molecule has 1 atom stereocenters. The molecule has 108 valence electrons. The van der Waals surface area contributed by atoms with Crippen LogP contribution in [-0.4, -0.2) is 29.0 Å². The number of hydrogen-bond acceptors (Lipinski definition) is 3. The van der Waals surface area contributed by atoms with Gasteiger partial charge in [0.25, 0.3) is 0 Å². The van der Waals surface area contributed by atoms with E-state index >= 15 is 0 Å². The summed E-state index contributed by atoms with van der Waals surface area (Å²) in [5.74, 6) is 0. The van der Waals surface area contributed by atoms with E-state index in [0.717, 1.165) is 31.7 Å². The Morgan fingerprint density at radius 3 is 2.95 bits per heavy atom. The molecular weight excluding hydrogens is 238 g/mol. The van der Waals surface area contributed by atoms with Gasteiger partial charge in [-0.3, -0.25) is 4.68 Å². The number of nitrogens with zero attached hydrogens (tertiary/aromatic N) is 2. The molecule has 2 heterocycles. The van der Waals surface area contributed by atoms with E-state index in [1.54, 1.807) is 0 Å². The lowest BCUT2D eigenvalue weighted by molar-refractivity contribution is 0.0885. The van der Waals surface area contributed by atoms with E-state index in [4.69, 9.17) is 4.74 Å². The molecule has 1 N–H and O–H groups in total. The van der Waals surface area contributed by atoms with Gasteiger partial charge in [0.05, 0.1) is 24.9 Å². The molecule has 2 rings (SSSR count). The second-order valence-corrected chi connectivity index (χ2v) is 5.42. The SMILES string of the molecule is CCC(CC)n1ccc(COCC2CCCCN2)n1. The molecule has 4 heteroatoms. The molecule has 1 fully saturated rings. The van der Waals surface area contributed by atoms with Gasteiger partial charge in [-0.05, 0) is 38.3 Å². The van der Waals surface area contributed by atoms with Crippen LogP contribution < -0.4 is 5.32 Å². The molecule has 1 aliphatic heterocycles. The molecule has 4 nitrogen and oxygen atoms in total. The van der Waals surface area contributed by atoms with Gasteiger partial charge in [0.2, 0.25) is 0 Å². The molecular formula is C15H27N3O. The van der Waals surface area contributed by atoms with Crippen molar-refractivity contribution >= 4 is 0 Å². The van der Waals surface area contributed by atoms with Crippen LogP contribution in [0.4, 0.5) is 0 Å². The van der Waals surface area contributed by atoms with Crippen LogP contribution in [0.5, 0.6) is 0 Å². The Morgan fingerprint density at radius 1 is 1.42 bits per heavy atom. The summed E-state index contributed by atoms with van der Waals surface area (Å²) >= 11 is 0. The number of rotatable bonds is 7. The van der Waals surface area contributed by atoms with Crippen molar-refractivity contribution in [2.45, 2.75) is 64.6 Å². The molecule has 0 spiro atoms. The summed E-state index contributed by atoms with van der Waals surface area (Å²) in [5.41, 5.74) is 1.04. The summed E-state index contributed by atoms with van der Waals surface area (Å²) in [4.78, 5) is 0. The first kappa shape index (κ1) is 14.5. The number of ether oxygens (including phenoxy) is 1. The Balaban J connectivity index is 1.73. The van der Waals surface area contributed by atoms with Crippen molar-refractivity contribution in [1.29, 1.82) is 0 Å². The third-order valence-electron chi connectivity index (χ3n) is 3.96. The van der Waals surface area contributed by atoms with Crippen LogP contribution in [0.3, 0.4) is 0 Å².